The Labute approximate surface area is 134 Å². The van der Waals surface area contributed by atoms with Crippen molar-refractivity contribution in [3.05, 3.63) is 22.7 Å². The number of methoxy groups -OCH3 is 1. The highest BCUT2D eigenvalue weighted by Crippen LogP contribution is 2.29. The van der Waals surface area contributed by atoms with Crippen molar-refractivity contribution >= 4 is 38.4 Å². The molecular weight excluding hydrogens is 368 g/mol. The monoisotopic (exact) mass is 384 g/mol. The summed E-state index contributed by atoms with van der Waals surface area (Å²) in [6.45, 7) is 2.59. The van der Waals surface area contributed by atoms with Gasteiger partial charge in [0.2, 0.25) is 10.0 Å². The summed E-state index contributed by atoms with van der Waals surface area (Å²) in [4.78, 5) is 0.287. The molecule has 0 radical (unpaired) electrons. The largest absolute Gasteiger partial charge is 0.497 e. The Bertz CT molecular complexity index is 546. The molecule has 0 aromatic heterocycles. The van der Waals surface area contributed by atoms with Gasteiger partial charge in [-0.05, 0) is 47.1 Å². The standard InChI is InChI=1S/C12H17BrN2O3S.ClH/c1-18-10-3-4-12(11(13)9-10)19(16,17)15-7-2-5-14-6-8-15;/h3-4,9,14H,2,5-8H2,1H3;1H. The van der Waals surface area contributed by atoms with Gasteiger partial charge in [0, 0.05) is 24.1 Å². The van der Waals surface area contributed by atoms with Crippen LogP contribution in [0.1, 0.15) is 6.42 Å². The number of benzene rings is 1. The minimum absolute atomic E-state index is 0. The van der Waals surface area contributed by atoms with Crippen molar-refractivity contribution in [1.82, 2.24) is 9.62 Å². The van der Waals surface area contributed by atoms with Crippen molar-refractivity contribution in [2.75, 3.05) is 33.3 Å². The van der Waals surface area contributed by atoms with E-state index in [2.05, 4.69) is 21.2 Å². The minimum Gasteiger partial charge on any atom is -0.497 e. The van der Waals surface area contributed by atoms with Gasteiger partial charge >= 0.3 is 0 Å². The minimum atomic E-state index is -3.45. The lowest BCUT2D eigenvalue weighted by molar-refractivity contribution is 0.413. The lowest BCUT2D eigenvalue weighted by Gasteiger charge is -2.20. The first kappa shape index (κ1) is 17.7. The molecule has 0 amide bonds. The van der Waals surface area contributed by atoms with E-state index in [1.165, 1.54) is 4.31 Å². The summed E-state index contributed by atoms with van der Waals surface area (Å²) in [6, 6.07) is 4.91. The summed E-state index contributed by atoms with van der Waals surface area (Å²) in [5.41, 5.74) is 0. The molecule has 1 heterocycles. The van der Waals surface area contributed by atoms with Gasteiger partial charge in [-0.3, -0.25) is 0 Å². The summed E-state index contributed by atoms with van der Waals surface area (Å²) < 4.78 is 32.3. The number of sulfonamides is 1. The van der Waals surface area contributed by atoms with E-state index in [-0.39, 0.29) is 17.3 Å². The predicted molar refractivity (Wildman–Crippen MR) is 84.2 cm³/mol. The van der Waals surface area contributed by atoms with Gasteiger partial charge in [0.15, 0.2) is 0 Å². The molecule has 0 bridgehead atoms. The Morgan fingerprint density at radius 2 is 2.05 bits per heavy atom. The highest BCUT2D eigenvalue weighted by molar-refractivity contribution is 9.10. The summed E-state index contributed by atoms with van der Waals surface area (Å²) in [5.74, 6) is 0.628. The van der Waals surface area contributed by atoms with Crippen LogP contribution < -0.4 is 10.1 Å². The van der Waals surface area contributed by atoms with Crippen LogP contribution in [0.15, 0.2) is 27.6 Å². The van der Waals surface area contributed by atoms with Crippen molar-refractivity contribution in [3.63, 3.8) is 0 Å². The molecule has 0 saturated carbocycles. The number of halogens is 2. The maximum absolute atomic E-state index is 12.6. The van der Waals surface area contributed by atoms with E-state index in [4.69, 9.17) is 4.74 Å². The molecule has 0 spiro atoms. The van der Waals surface area contributed by atoms with Crippen LogP contribution in [-0.4, -0.2) is 46.0 Å². The number of nitrogens with one attached hydrogen (secondary N) is 1. The lowest BCUT2D eigenvalue weighted by atomic mass is 10.3. The second kappa shape index (κ2) is 7.61. The Kier molecular flexibility index (Phi) is 6.74. The van der Waals surface area contributed by atoms with Gasteiger partial charge in [-0.1, -0.05) is 0 Å². The molecule has 1 saturated heterocycles. The number of nitrogens with zero attached hydrogens (tertiary/aromatic N) is 1. The van der Waals surface area contributed by atoms with E-state index < -0.39 is 10.0 Å². The third-order valence-corrected chi connectivity index (χ3v) is 5.93. The molecule has 0 unspecified atom stereocenters. The summed E-state index contributed by atoms with van der Waals surface area (Å²) in [5, 5.41) is 3.20. The molecular formula is C12H18BrClN2O3S. The van der Waals surface area contributed by atoms with Crippen molar-refractivity contribution < 1.29 is 13.2 Å². The fourth-order valence-electron chi connectivity index (χ4n) is 2.02. The molecule has 1 fully saturated rings. The highest BCUT2D eigenvalue weighted by Gasteiger charge is 2.27. The average molecular weight is 386 g/mol. The zero-order valence-electron chi connectivity index (χ0n) is 11.1. The van der Waals surface area contributed by atoms with Crippen LogP contribution in [0, 0.1) is 0 Å². The second-order valence-corrected chi connectivity index (χ2v) is 7.06. The number of ether oxygens (including phenoxy) is 1. The van der Waals surface area contributed by atoms with E-state index in [9.17, 15) is 8.42 Å². The van der Waals surface area contributed by atoms with Crippen LogP contribution in [0.2, 0.25) is 0 Å². The number of rotatable bonds is 3. The second-order valence-electron chi connectivity index (χ2n) is 4.30. The van der Waals surface area contributed by atoms with Crippen molar-refractivity contribution in [1.29, 1.82) is 0 Å². The van der Waals surface area contributed by atoms with E-state index >= 15 is 0 Å². The quantitative estimate of drug-likeness (QED) is 0.863. The zero-order valence-corrected chi connectivity index (χ0v) is 14.4. The summed E-state index contributed by atoms with van der Waals surface area (Å²) in [6.07, 6.45) is 0.826. The van der Waals surface area contributed by atoms with Crippen LogP contribution in [0.3, 0.4) is 0 Å². The van der Waals surface area contributed by atoms with Gasteiger partial charge in [0.1, 0.15) is 5.75 Å². The molecule has 114 valence electrons. The average Bonchev–Trinajstić information content (AvgIpc) is 2.67. The van der Waals surface area contributed by atoms with Crippen LogP contribution in [-0.2, 0) is 10.0 Å². The van der Waals surface area contributed by atoms with E-state index in [1.807, 2.05) is 0 Å². The Balaban J connectivity index is 0.00000200. The molecule has 1 N–H and O–H groups in total. The lowest BCUT2D eigenvalue weighted by Crippen LogP contribution is -2.34. The Morgan fingerprint density at radius 1 is 1.30 bits per heavy atom. The Morgan fingerprint density at radius 3 is 2.70 bits per heavy atom. The van der Waals surface area contributed by atoms with Gasteiger partial charge < -0.3 is 10.1 Å². The molecule has 1 aromatic carbocycles. The van der Waals surface area contributed by atoms with E-state index in [0.717, 1.165) is 13.0 Å². The van der Waals surface area contributed by atoms with Crippen LogP contribution in [0.4, 0.5) is 0 Å². The smallest absolute Gasteiger partial charge is 0.244 e. The molecule has 1 aromatic rings. The fourth-order valence-corrected chi connectivity index (χ4v) is 4.51. The van der Waals surface area contributed by atoms with E-state index in [0.29, 0.717) is 29.9 Å². The van der Waals surface area contributed by atoms with Gasteiger partial charge in [0.05, 0.1) is 12.0 Å². The SMILES string of the molecule is COc1ccc(S(=O)(=O)N2CCCNCC2)c(Br)c1.Cl. The maximum atomic E-state index is 12.6. The van der Waals surface area contributed by atoms with Crippen molar-refractivity contribution in [2.24, 2.45) is 0 Å². The molecule has 8 heteroatoms. The molecule has 0 aliphatic carbocycles. The maximum Gasteiger partial charge on any atom is 0.244 e. The number of hydrogen-bond donors (Lipinski definition) is 1. The first-order chi connectivity index (χ1) is 9.05. The van der Waals surface area contributed by atoms with Crippen molar-refractivity contribution in [2.45, 2.75) is 11.3 Å². The Hall–Kier alpha value is -0.340. The van der Waals surface area contributed by atoms with Gasteiger partial charge in [-0.15, -0.1) is 12.4 Å². The molecule has 20 heavy (non-hydrogen) atoms. The first-order valence-corrected chi connectivity index (χ1v) is 8.33. The number of hydrogen-bond acceptors (Lipinski definition) is 4. The van der Waals surface area contributed by atoms with Crippen LogP contribution in [0.5, 0.6) is 5.75 Å². The molecule has 0 atom stereocenters. The summed E-state index contributed by atoms with van der Waals surface area (Å²) >= 11 is 3.31. The topological polar surface area (TPSA) is 58.6 Å². The highest BCUT2D eigenvalue weighted by atomic mass is 79.9. The molecule has 1 aliphatic heterocycles. The fraction of sp³-hybridized carbons (Fsp3) is 0.500. The van der Waals surface area contributed by atoms with E-state index in [1.54, 1.807) is 25.3 Å². The predicted octanol–water partition coefficient (Wildman–Crippen LogP) is 1.86. The van der Waals surface area contributed by atoms with Crippen LogP contribution >= 0.6 is 28.3 Å². The zero-order chi connectivity index (χ0) is 13.9. The van der Waals surface area contributed by atoms with Gasteiger partial charge in [-0.25, -0.2) is 8.42 Å². The van der Waals surface area contributed by atoms with Crippen LogP contribution in [0.25, 0.3) is 0 Å². The molecule has 2 rings (SSSR count). The summed E-state index contributed by atoms with van der Waals surface area (Å²) in [7, 11) is -1.90. The molecule has 1 aliphatic rings. The van der Waals surface area contributed by atoms with Gasteiger partial charge in [0.25, 0.3) is 0 Å². The first-order valence-electron chi connectivity index (χ1n) is 6.10. The van der Waals surface area contributed by atoms with Crippen molar-refractivity contribution in [3.8, 4) is 5.75 Å². The van der Waals surface area contributed by atoms with Gasteiger partial charge in [-0.2, -0.15) is 4.31 Å². The molecule has 5 nitrogen and oxygen atoms in total. The normalized spacial score (nSPS) is 17.1. The third-order valence-electron chi connectivity index (χ3n) is 3.06. The third kappa shape index (κ3) is 3.85.